The minimum atomic E-state index is 0. The van der Waals surface area contributed by atoms with Crippen molar-refractivity contribution in [1.82, 2.24) is 0 Å². The van der Waals surface area contributed by atoms with Crippen LogP contribution in [0.1, 0.15) is 11.1 Å². The van der Waals surface area contributed by atoms with Gasteiger partial charge >= 0.3 is 0 Å². The number of hydrogen-bond donors (Lipinski definition) is 0. The van der Waals surface area contributed by atoms with Gasteiger partial charge in [0, 0.05) is 23.3 Å². The molecule has 0 aromatic carbocycles. The summed E-state index contributed by atoms with van der Waals surface area (Å²) in [6.07, 6.45) is 8.49. The third-order valence-corrected chi connectivity index (χ3v) is 2.89. The van der Waals surface area contributed by atoms with Crippen LogP contribution in [0.2, 0.25) is 0 Å². The summed E-state index contributed by atoms with van der Waals surface area (Å²) in [5, 5.41) is 0. The summed E-state index contributed by atoms with van der Waals surface area (Å²) in [6, 6.07) is 4.36. The molecule has 2 rings (SSSR count). The van der Waals surface area contributed by atoms with E-state index in [0.717, 1.165) is 0 Å². The molecule has 0 amide bonds. The molecule has 2 aromatic rings. The molecule has 4 heteroatoms. The van der Waals surface area contributed by atoms with Crippen molar-refractivity contribution in [2.24, 2.45) is 14.1 Å². The Hall–Kier alpha value is -1.12. The van der Waals surface area contributed by atoms with Gasteiger partial charge in [-0.25, -0.2) is 9.13 Å². The van der Waals surface area contributed by atoms with Gasteiger partial charge in [0.2, 0.25) is 0 Å². The van der Waals surface area contributed by atoms with Crippen LogP contribution in [0.4, 0.5) is 0 Å². The molecule has 2 aromatic heterocycles. The first-order valence-corrected chi connectivity index (χ1v) is 5.50. The second-order valence-corrected chi connectivity index (χ2v) is 4.41. The summed E-state index contributed by atoms with van der Waals surface area (Å²) >= 11 is 0. The van der Waals surface area contributed by atoms with E-state index in [4.69, 9.17) is 0 Å². The van der Waals surface area contributed by atoms with E-state index in [-0.39, 0.29) is 24.8 Å². The van der Waals surface area contributed by atoms with E-state index in [2.05, 4.69) is 74.0 Å². The van der Waals surface area contributed by atoms with Gasteiger partial charge in [0.05, 0.1) is 0 Å². The van der Waals surface area contributed by atoms with Crippen molar-refractivity contribution >= 4 is 0 Å². The predicted octanol–water partition coefficient (Wildman–Crippen LogP) is -4.37. The quantitative estimate of drug-likeness (QED) is 0.468. The van der Waals surface area contributed by atoms with Crippen LogP contribution in [0.3, 0.4) is 0 Å². The molecular weight excluding hydrogens is 267 g/mol. The summed E-state index contributed by atoms with van der Waals surface area (Å²) in [7, 11) is 4.10. The number of pyridine rings is 2. The highest BCUT2D eigenvalue weighted by Gasteiger charge is 2.10. The molecule has 0 radical (unpaired) electrons. The van der Waals surface area contributed by atoms with Gasteiger partial charge in [-0.1, -0.05) is 0 Å². The van der Waals surface area contributed by atoms with Crippen molar-refractivity contribution in [3.8, 4) is 11.1 Å². The van der Waals surface area contributed by atoms with Crippen molar-refractivity contribution in [2.45, 2.75) is 13.8 Å². The Morgan fingerprint density at radius 2 is 1.06 bits per heavy atom. The molecule has 2 nitrogen and oxygen atoms in total. The average molecular weight is 285 g/mol. The molecule has 0 saturated carbocycles. The molecule has 2 heterocycles. The lowest BCUT2D eigenvalue weighted by Crippen LogP contribution is -3.00. The summed E-state index contributed by atoms with van der Waals surface area (Å²) in [6.45, 7) is 4.31. The topological polar surface area (TPSA) is 7.76 Å². The molecule has 0 spiro atoms. The van der Waals surface area contributed by atoms with Crippen molar-refractivity contribution in [3.05, 3.63) is 48.0 Å². The molecule has 18 heavy (non-hydrogen) atoms. The minimum Gasteiger partial charge on any atom is -1.00 e. The summed E-state index contributed by atoms with van der Waals surface area (Å²) in [5.74, 6) is 0. The van der Waals surface area contributed by atoms with Crippen LogP contribution in [0.5, 0.6) is 0 Å². The summed E-state index contributed by atoms with van der Waals surface area (Å²) in [4.78, 5) is 0. The molecule has 0 aliphatic heterocycles. The molecular formula is C14H18Cl2N2. The fraction of sp³-hybridized carbons (Fsp3) is 0.286. The number of nitrogens with zero attached hydrogens (tertiary/aromatic N) is 2. The average Bonchev–Trinajstić information content (AvgIpc) is 2.19. The third-order valence-electron chi connectivity index (χ3n) is 2.89. The predicted molar refractivity (Wildman–Crippen MR) is 63.7 cm³/mol. The standard InChI is InChI=1S/C14H18N2.2ClH/c1-11-9-15(3)7-5-13(11)14-6-8-16(4)10-12(14)2;;/h5-10H,1-4H3;2*1H/q+2;;/p-2. The van der Waals surface area contributed by atoms with Crippen LogP contribution in [-0.4, -0.2) is 0 Å². The summed E-state index contributed by atoms with van der Waals surface area (Å²) < 4.78 is 4.16. The van der Waals surface area contributed by atoms with Gasteiger partial charge in [-0.15, -0.1) is 0 Å². The van der Waals surface area contributed by atoms with Crippen LogP contribution in [0.15, 0.2) is 36.9 Å². The van der Waals surface area contributed by atoms with E-state index in [1.54, 1.807) is 0 Å². The Labute approximate surface area is 121 Å². The van der Waals surface area contributed by atoms with Gasteiger partial charge in [-0.2, -0.15) is 0 Å². The van der Waals surface area contributed by atoms with E-state index in [1.807, 2.05) is 0 Å². The highest BCUT2D eigenvalue weighted by molar-refractivity contribution is 5.68. The molecule has 0 aliphatic carbocycles. The Kier molecular flexibility index (Phi) is 6.30. The second kappa shape index (κ2) is 6.72. The van der Waals surface area contributed by atoms with Gasteiger partial charge in [0.25, 0.3) is 0 Å². The van der Waals surface area contributed by atoms with Crippen molar-refractivity contribution in [2.75, 3.05) is 0 Å². The van der Waals surface area contributed by atoms with Crippen LogP contribution in [0, 0.1) is 13.8 Å². The second-order valence-electron chi connectivity index (χ2n) is 4.41. The number of hydrogen-bond acceptors (Lipinski definition) is 0. The molecule has 98 valence electrons. The zero-order valence-corrected chi connectivity index (χ0v) is 12.6. The van der Waals surface area contributed by atoms with E-state index < -0.39 is 0 Å². The first kappa shape index (κ1) is 16.9. The van der Waals surface area contributed by atoms with Crippen molar-refractivity contribution < 1.29 is 33.9 Å². The van der Waals surface area contributed by atoms with Gasteiger partial charge < -0.3 is 24.8 Å². The molecule has 0 saturated heterocycles. The lowest BCUT2D eigenvalue weighted by molar-refractivity contribution is -0.672. The van der Waals surface area contributed by atoms with E-state index in [9.17, 15) is 0 Å². The fourth-order valence-corrected chi connectivity index (χ4v) is 2.09. The highest BCUT2D eigenvalue weighted by Crippen LogP contribution is 2.23. The Morgan fingerprint density at radius 1 is 0.722 bits per heavy atom. The van der Waals surface area contributed by atoms with Gasteiger partial charge in [0.1, 0.15) is 14.1 Å². The smallest absolute Gasteiger partial charge is 0.172 e. The molecule has 0 atom stereocenters. The SMILES string of the molecule is Cc1c[n+](C)ccc1-c1cc[n+](C)cc1C.[Cl-].[Cl-]. The van der Waals surface area contributed by atoms with Crippen LogP contribution < -0.4 is 33.9 Å². The maximum absolute atomic E-state index is 2.18. The van der Waals surface area contributed by atoms with E-state index in [0.29, 0.717) is 0 Å². The largest absolute Gasteiger partial charge is 1.00 e. The maximum atomic E-state index is 2.18. The lowest BCUT2D eigenvalue weighted by Gasteiger charge is -2.06. The monoisotopic (exact) mass is 284 g/mol. The Balaban J connectivity index is 0.00000144. The maximum Gasteiger partial charge on any atom is 0.172 e. The Morgan fingerprint density at radius 3 is 1.33 bits per heavy atom. The van der Waals surface area contributed by atoms with Gasteiger partial charge in [-0.3, -0.25) is 0 Å². The molecule has 0 aliphatic rings. The Bertz CT molecular complexity index is 490. The highest BCUT2D eigenvalue weighted by atomic mass is 35.5. The molecule has 0 fully saturated rings. The van der Waals surface area contributed by atoms with Crippen LogP contribution >= 0.6 is 0 Å². The lowest BCUT2D eigenvalue weighted by atomic mass is 10.00. The zero-order chi connectivity index (χ0) is 11.7. The third kappa shape index (κ3) is 3.44. The van der Waals surface area contributed by atoms with Crippen molar-refractivity contribution in [1.29, 1.82) is 0 Å². The van der Waals surface area contributed by atoms with Crippen molar-refractivity contribution in [3.63, 3.8) is 0 Å². The van der Waals surface area contributed by atoms with E-state index >= 15 is 0 Å². The molecule has 0 unspecified atom stereocenters. The molecule has 0 N–H and O–H groups in total. The van der Waals surface area contributed by atoms with Gasteiger partial charge in [0.15, 0.2) is 24.8 Å². The number of rotatable bonds is 1. The van der Waals surface area contributed by atoms with Crippen LogP contribution in [-0.2, 0) is 14.1 Å². The van der Waals surface area contributed by atoms with Gasteiger partial charge in [-0.05, 0) is 25.0 Å². The first-order chi connectivity index (χ1) is 7.58. The minimum absolute atomic E-state index is 0. The first-order valence-electron chi connectivity index (χ1n) is 5.50. The normalized spacial score (nSPS) is 9.33. The number of aromatic nitrogens is 2. The van der Waals surface area contributed by atoms with E-state index in [1.165, 1.54) is 22.3 Å². The van der Waals surface area contributed by atoms with Crippen LogP contribution in [0.25, 0.3) is 11.1 Å². The number of halogens is 2. The fourth-order valence-electron chi connectivity index (χ4n) is 2.09. The number of aryl methyl sites for hydroxylation is 4. The summed E-state index contributed by atoms with van der Waals surface area (Å²) in [5.41, 5.74) is 5.25. The molecule has 0 bridgehead atoms. The zero-order valence-electron chi connectivity index (χ0n) is 11.1.